The van der Waals surface area contributed by atoms with Gasteiger partial charge in [0.05, 0.1) is 36.6 Å². The molecule has 3 rings (SSSR count). The molecule has 2 heterocycles. The maximum Gasteiger partial charge on any atom is 0.286 e. The number of hydrogen-bond acceptors (Lipinski definition) is 8. The molecule has 0 bridgehead atoms. The van der Waals surface area contributed by atoms with Crippen LogP contribution in [-0.2, 0) is 17.1 Å². The fraction of sp³-hybridized carbons (Fsp3) is 0.500. The first-order valence-corrected chi connectivity index (χ1v) is 11.7. The van der Waals surface area contributed by atoms with E-state index < -0.39 is 26.5 Å². The van der Waals surface area contributed by atoms with Crippen molar-refractivity contribution in [3.05, 3.63) is 39.2 Å². The lowest BCUT2D eigenvalue weighted by Gasteiger charge is -2.22. The SMILES string of the molecule is COc1cc(C(=O)N2CCCN(S(=O)(=O)c3c(C)nn(C)c3C)CC2)c([N+](=O)[O-])cc1OC. The van der Waals surface area contributed by atoms with Crippen LogP contribution in [0, 0.1) is 24.0 Å². The molecular formula is C20H27N5O7S. The molecule has 0 atom stereocenters. The lowest BCUT2D eigenvalue weighted by atomic mass is 10.1. The highest BCUT2D eigenvalue weighted by Crippen LogP contribution is 2.35. The maximum atomic E-state index is 13.3. The van der Waals surface area contributed by atoms with Crippen LogP contribution in [0.5, 0.6) is 11.5 Å². The standard InChI is InChI=1S/C20H27N5O7S/c1-13-19(14(2)22(3)21-13)33(29,30)24-8-6-7-23(9-10-24)20(26)15-11-17(31-4)18(32-5)12-16(15)25(27)28/h11-12H,6-10H2,1-5H3. The number of ether oxygens (including phenoxy) is 2. The highest BCUT2D eigenvalue weighted by atomic mass is 32.2. The van der Waals surface area contributed by atoms with Crippen LogP contribution in [0.25, 0.3) is 0 Å². The smallest absolute Gasteiger partial charge is 0.286 e. The summed E-state index contributed by atoms with van der Waals surface area (Å²) in [5.74, 6) is -0.250. The molecule has 12 nitrogen and oxygen atoms in total. The van der Waals surface area contributed by atoms with Gasteiger partial charge in [0, 0.05) is 39.3 Å². The number of benzene rings is 1. The van der Waals surface area contributed by atoms with E-state index in [1.807, 2.05) is 0 Å². The lowest BCUT2D eigenvalue weighted by molar-refractivity contribution is -0.385. The molecule has 1 aromatic carbocycles. The van der Waals surface area contributed by atoms with Gasteiger partial charge in [0.15, 0.2) is 11.5 Å². The molecule has 1 fully saturated rings. The summed E-state index contributed by atoms with van der Waals surface area (Å²) < 4.78 is 39.7. The number of carbonyl (C=O) groups is 1. The van der Waals surface area contributed by atoms with Gasteiger partial charge in [0.1, 0.15) is 10.5 Å². The predicted molar refractivity (Wildman–Crippen MR) is 118 cm³/mol. The zero-order valence-electron chi connectivity index (χ0n) is 19.2. The van der Waals surface area contributed by atoms with Crippen molar-refractivity contribution < 1.29 is 27.6 Å². The van der Waals surface area contributed by atoms with Gasteiger partial charge in [-0.15, -0.1) is 0 Å². The fourth-order valence-electron chi connectivity index (χ4n) is 3.95. The van der Waals surface area contributed by atoms with Crippen molar-refractivity contribution in [1.82, 2.24) is 19.0 Å². The highest BCUT2D eigenvalue weighted by molar-refractivity contribution is 7.89. The van der Waals surface area contributed by atoms with Crippen molar-refractivity contribution in [2.45, 2.75) is 25.2 Å². The van der Waals surface area contributed by atoms with Crippen LogP contribution in [-0.4, -0.2) is 78.6 Å². The van der Waals surface area contributed by atoms with Crippen molar-refractivity contribution in [3.63, 3.8) is 0 Å². The number of carbonyl (C=O) groups excluding carboxylic acids is 1. The van der Waals surface area contributed by atoms with Crippen LogP contribution in [0.4, 0.5) is 5.69 Å². The minimum absolute atomic E-state index is 0.0585. The number of sulfonamides is 1. The largest absolute Gasteiger partial charge is 0.493 e. The molecular weight excluding hydrogens is 454 g/mol. The molecule has 0 unspecified atom stereocenters. The van der Waals surface area contributed by atoms with Gasteiger partial charge in [-0.2, -0.15) is 9.40 Å². The summed E-state index contributed by atoms with van der Waals surface area (Å²) >= 11 is 0. The topological polar surface area (TPSA) is 137 Å². The van der Waals surface area contributed by atoms with Crippen LogP contribution in [0.1, 0.15) is 28.2 Å². The van der Waals surface area contributed by atoms with Crippen molar-refractivity contribution in [3.8, 4) is 11.5 Å². The van der Waals surface area contributed by atoms with Crippen molar-refractivity contribution in [1.29, 1.82) is 0 Å². The van der Waals surface area contributed by atoms with E-state index >= 15 is 0 Å². The number of amides is 1. The summed E-state index contributed by atoms with van der Waals surface area (Å²) in [4.78, 5) is 25.8. The average Bonchev–Trinajstić information content (AvgIpc) is 2.94. The molecule has 0 radical (unpaired) electrons. The summed E-state index contributed by atoms with van der Waals surface area (Å²) in [6, 6.07) is 2.43. The summed E-state index contributed by atoms with van der Waals surface area (Å²) in [5, 5.41) is 15.8. The molecule has 33 heavy (non-hydrogen) atoms. The van der Waals surface area contributed by atoms with Crippen LogP contribution in [0.2, 0.25) is 0 Å². The third-order valence-corrected chi connectivity index (χ3v) is 7.86. The minimum Gasteiger partial charge on any atom is -0.493 e. The third-order valence-electron chi connectivity index (χ3n) is 5.71. The fourth-order valence-corrected chi connectivity index (χ4v) is 5.82. The van der Waals surface area contributed by atoms with E-state index in [4.69, 9.17) is 9.47 Å². The summed E-state index contributed by atoms with van der Waals surface area (Å²) in [5.41, 5.74) is 0.389. The van der Waals surface area contributed by atoms with E-state index in [-0.39, 0.29) is 48.1 Å². The Balaban J connectivity index is 1.88. The first-order valence-electron chi connectivity index (χ1n) is 10.2. The molecule has 1 aliphatic rings. The second kappa shape index (κ2) is 9.35. The normalized spacial score (nSPS) is 15.2. The van der Waals surface area contributed by atoms with Gasteiger partial charge >= 0.3 is 0 Å². The Kier molecular flexibility index (Phi) is 6.93. The molecule has 1 aromatic heterocycles. The van der Waals surface area contributed by atoms with Gasteiger partial charge in [0.2, 0.25) is 10.0 Å². The molecule has 0 saturated carbocycles. The molecule has 1 amide bonds. The number of hydrogen-bond donors (Lipinski definition) is 0. The Morgan fingerprint density at radius 1 is 1.09 bits per heavy atom. The predicted octanol–water partition coefficient (Wildman–Crippen LogP) is 1.50. The number of aryl methyl sites for hydroxylation is 2. The monoisotopic (exact) mass is 481 g/mol. The zero-order valence-corrected chi connectivity index (χ0v) is 20.0. The van der Waals surface area contributed by atoms with Crippen LogP contribution in [0.3, 0.4) is 0 Å². The Labute approximate surface area is 191 Å². The van der Waals surface area contributed by atoms with Gasteiger partial charge in [0.25, 0.3) is 11.6 Å². The van der Waals surface area contributed by atoms with E-state index in [1.165, 1.54) is 34.2 Å². The van der Waals surface area contributed by atoms with Crippen LogP contribution >= 0.6 is 0 Å². The van der Waals surface area contributed by atoms with E-state index in [1.54, 1.807) is 20.9 Å². The highest BCUT2D eigenvalue weighted by Gasteiger charge is 2.34. The Morgan fingerprint density at radius 3 is 2.27 bits per heavy atom. The van der Waals surface area contributed by atoms with Gasteiger partial charge in [-0.05, 0) is 20.3 Å². The quantitative estimate of drug-likeness (QED) is 0.447. The summed E-state index contributed by atoms with van der Waals surface area (Å²) in [7, 11) is 0.583. The van der Waals surface area contributed by atoms with Gasteiger partial charge < -0.3 is 14.4 Å². The second-order valence-corrected chi connectivity index (χ2v) is 9.53. The van der Waals surface area contributed by atoms with Crippen molar-refractivity contribution in [2.24, 2.45) is 7.05 Å². The molecule has 0 spiro atoms. The van der Waals surface area contributed by atoms with E-state index in [9.17, 15) is 23.3 Å². The van der Waals surface area contributed by atoms with Crippen molar-refractivity contribution >= 4 is 21.6 Å². The Morgan fingerprint density at radius 2 is 1.73 bits per heavy atom. The first kappa shape index (κ1) is 24.5. The number of methoxy groups -OCH3 is 2. The van der Waals surface area contributed by atoms with Gasteiger partial charge in [-0.25, -0.2) is 8.42 Å². The van der Waals surface area contributed by atoms with Gasteiger partial charge in [-0.3, -0.25) is 19.6 Å². The molecule has 2 aromatic rings. The molecule has 1 saturated heterocycles. The first-order chi connectivity index (χ1) is 15.5. The number of rotatable bonds is 6. The Hall–Kier alpha value is -3.19. The number of nitro groups is 1. The summed E-state index contributed by atoms with van der Waals surface area (Å²) in [6.45, 7) is 3.95. The number of nitro benzene ring substituents is 1. The lowest BCUT2D eigenvalue weighted by Crippen LogP contribution is -2.37. The average molecular weight is 482 g/mol. The maximum absolute atomic E-state index is 13.3. The zero-order chi connectivity index (χ0) is 24.5. The van der Waals surface area contributed by atoms with Crippen molar-refractivity contribution in [2.75, 3.05) is 40.4 Å². The molecule has 1 aliphatic heterocycles. The summed E-state index contributed by atoms with van der Waals surface area (Å²) in [6.07, 6.45) is 0.379. The minimum atomic E-state index is -3.81. The van der Waals surface area contributed by atoms with E-state index in [2.05, 4.69) is 5.10 Å². The molecule has 13 heteroatoms. The van der Waals surface area contributed by atoms with Crippen LogP contribution < -0.4 is 9.47 Å². The molecule has 180 valence electrons. The molecule has 0 N–H and O–H groups in total. The van der Waals surface area contributed by atoms with E-state index in [0.29, 0.717) is 17.8 Å². The van der Waals surface area contributed by atoms with E-state index in [0.717, 1.165) is 6.07 Å². The number of aromatic nitrogens is 2. The molecule has 0 aliphatic carbocycles. The Bertz CT molecular complexity index is 1190. The second-order valence-electron chi connectivity index (χ2n) is 7.65. The number of nitrogens with zero attached hydrogens (tertiary/aromatic N) is 5. The third kappa shape index (κ3) is 4.50. The van der Waals surface area contributed by atoms with Crippen LogP contribution in [0.15, 0.2) is 17.0 Å². The van der Waals surface area contributed by atoms with Gasteiger partial charge in [-0.1, -0.05) is 0 Å².